The predicted octanol–water partition coefficient (Wildman–Crippen LogP) is 2.98. The maximum Gasteiger partial charge on any atom is 0.418 e. The Balaban J connectivity index is 1.33. The molecule has 31 heavy (non-hydrogen) atoms. The van der Waals surface area contributed by atoms with E-state index >= 15 is 0 Å². The molecule has 1 saturated heterocycles. The van der Waals surface area contributed by atoms with E-state index in [0.717, 1.165) is 17.0 Å². The molecule has 0 spiro atoms. The van der Waals surface area contributed by atoms with E-state index in [1.54, 1.807) is 9.80 Å². The summed E-state index contributed by atoms with van der Waals surface area (Å²) in [5.74, 6) is -0.726. The van der Waals surface area contributed by atoms with E-state index in [1.165, 1.54) is 18.2 Å². The lowest BCUT2D eigenvalue weighted by Gasteiger charge is -2.34. The molecular weight excluding hydrogens is 411 g/mol. The molecule has 2 aromatic carbocycles. The number of piperazine rings is 1. The van der Waals surface area contributed by atoms with Gasteiger partial charge in [-0.25, -0.2) is 0 Å². The van der Waals surface area contributed by atoms with E-state index < -0.39 is 17.6 Å². The number of halogens is 3. The molecule has 0 bridgehead atoms. The molecule has 1 aliphatic rings. The Morgan fingerprint density at radius 1 is 1.00 bits per heavy atom. The van der Waals surface area contributed by atoms with Crippen molar-refractivity contribution in [2.24, 2.45) is 0 Å². The van der Waals surface area contributed by atoms with Crippen molar-refractivity contribution in [3.8, 4) is 0 Å². The molecule has 3 aromatic rings. The van der Waals surface area contributed by atoms with Crippen LogP contribution in [0.1, 0.15) is 16.1 Å². The van der Waals surface area contributed by atoms with E-state index in [1.807, 2.05) is 24.3 Å². The van der Waals surface area contributed by atoms with Gasteiger partial charge in [-0.15, -0.1) is 0 Å². The predicted molar refractivity (Wildman–Crippen MR) is 109 cm³/mol. The number of fused-ring (bicyclic) bond motifs is 1. The van der Waals surface area contributed by atoms with Gasteiger partial charge in [0.15, 0.2) is 5.69 Å². The van der Waals surface area contributed by atoms with Crippen molar-refractivity contribution >= 4 is 28.4 Å². The number of hydrogen-bond donors (Lipinski definition) is 2. The molecule has 0 saturated carbocycles. The van der Waals surface area contributed by atoms with Crippen LogP contribution in [-0.2, 0) is 11.0 Å². The van der Waals surface area contributed by atoms with Gasteiger partial charge in [0.05, 0.1) is 23.3 Å². The Morgan fingerprint density at radius 3 is 2.42 bits per heavy atom. The van der Waals surface area contributed by atoms with E-state index in [4.69, 9.17) is 0 Å². The van der Waals surface area contributed by atoms with Gasteiger partial charge in [0.2, 0.25) is 5.91 Å². The van der Waals surface area contributed by atoms with Crippen LogP contribution in [0.4, 0.5) is 18.9 Å². The van der Waals surface area contributed by atoms with Gasteiger partial charge >= 0.3 is 6.18 Å². The zero-order valence-corrected chi connectivity index (χ0v) is 16.4. The molecular formula is C21H20F3N5O2. The van der Waals surface area contributed by atoms with E-state index in [2.05, 4.69) is 15.5 Å². The molecule has 1 aliphatic heterocycles. The molecule has 2 N–H and O–H groups in total. The molecule has 10 heteroatoms. The molecule has 2 amide bonds. The molecule has 1 aromatic heterocycles. The number of benzene rings is 2. The highest BCUT2D eigenvalue weighted by Crippen LogP contribution is 2.34. The number of carbonyl (C=O) groups excluding carboxylic acids is 2. The maximum absolute atomic E-state index is 13.1. The summed E-state index contributed by atoms with van der Waals surface area (Å²) in [6.07, 6.45) is -4.55. The highest BCUT2D eigenvalue weighted by atomic mass is 19.4. The zero-order valence-electron chi connectivity index (χ0n) is 16.4. The summed E-state index contributed by atoms with van der Waals surface area (Å²) in [6, 6.07) is 12.2. The van der Waals surface area contributed by atoms with Crippen LogP contribution < -0.4 is 5.32 Å². The van der Waals surface area contributed by atoms with Crippen molar-refractivity contribution in [2.75, 3.05) is 38.0 Å². The highest BCUT2D eigenvalue weighted by molar-refractivity contribution is 6.04. The number of para-hydroxylation sites is 2. The first-order valence-electron chi connectivity index (χ1n) is 9.74. The lowest BCUT2D eigenvalue weighted by atomic mass is 10.1. The van der Waals surface area contributed by atoms with Gasteiger partial charge in [0.25, 0.3) is 5.91 Å². The van der Waals surface area contributed by atoms with Gasteiger partial charge in [-0.2, -0.15) is 18.3 Å². The number of amides is 2. The number of nitrogens with zero attached hydrogens (tertiary/aromatic N) is 3. The topological polar surface area (TPSA) is 81.3 Å². The molecule has 2 heterocycles. The summed E-state index contributed by atoms with van der Waals surface area (Å²) in [5, 5.41) is 10.1. The van der Waals surface area contributed by atoms with E-state index in [0.29, 0.717) is 31.9 Å². The van der Waals surface area contributed by atoms with Crippen LogP contribution in [0.5, 0.6) is 0 Å². The fraction of sp³-hybridized carbons (Fsp3) is 0.286. The molecule has 0 radical (unpaired) electrons. The first kappa shape index (κ1) is 20.9. The van der Waals surface area contributed by atoms with Crippen LogP contribution >= 0.6 is 0 Å². The number of anilines is 1. The number of alkyl halides is 3. The number of aromatic nitrogens is 2. The minimum Gasteiger partial charge on any atom is -0.335 e. The Labute approximate surface area is 175 Å². The summed E-state index contributed by atoms with van der Waals surface area (Å²) in [6.45, 7) is 1.60. The number of aromatic amines is 1. The second-order valence-corrected chi connectivity index (χ2v) is 7.28. The molecule has 162 valence electrons. The third kappa shape index (κ3) is 4.53. The van der Waals surface area contributed by atoms with Crippen molar-refractivity contribution in [3.63, 3.8) is 0 Å². The van der Waals surface area contributed by atoms with E-state index in [-0.39, 0.29) is 18.1 Å². The van der Waals surface area contributed by atoms with Crippen molar-refractivity contribution in [1.29, 1.82) is 0 Å². The summed E-state index contributed by atoms with van der Waals surface area (Å²) in [7, 11) is 0. The molecule has 0 aliphatic carbocycles. The smallest absolute Gasteiger partial charge is 0.335 e. The fourth-order valence-corrected chi connectivity index (χ4v) is 3.62. The van der Waals surface area contributed by atoms with Crippen molar-refractivity contribution in [2.45, 2.75) is 6.18 Å². The normalized spacial score (nSPS) is 15.3. The van der Waals surface area contributed by atoms with Gasteiger partial charge in [0, 0.05) is 31.6 Å². The van der Waals surface area contributed by atoms with Gasteiger partial charge in [0.1, 0.15) is 0 Å². The van der Waals surface area contributed by atoms with Crippen molar-refractivity contribution < 1.29 is 22.8 Å². The third-order valence-electron chi connectivity index (χ3n) is 5.21. The molecule has 4 rings (SSSR count). The summed E-state index contributed by atoms with van der Waals surface area (Å²) < 4.78 is 39.3. The molecule has 1 fully saturated rings. The van der Waals surface area contributed by atoms with Gasteiger partial charge in [-0.05, 0) is 18.2 Å². The Morgan fingerprint density at radius 2 is 1.68 bits per heavy atom. The van der Waals surface area contributed by atoms with Crippen LogP contribution in [0.3, 0.4) is 0 Å². The monoisotopic (exact) mass is 431 g/mol. The van der Waals surface area contributed by atoms with Crippen LogP contribution in [0.25, 0.3) is 10.9 Å². The first-order chi connectivity index (χ1) is 14.8. The SMILES string of the molecule is O=C(CN1CCN(C(=O)c2n[nH]c3ccccc23)CC1)Nc1ccccc1C(F)(F)F. The highest BCUT2D eigenvalue weighted by Gasteiger charge is 2.34. The van der Waals surface area contributed by atoms with Crippen molar-refractivity contribution in [3.05, 3.63) is 59.8 Å². The van der Waals surface area contributed by atoms with Crippen LogP contribution in [0.2, 0.25) is 0 Å². The number of hydrogen-bond acceptors (Lipinski definition) is 4. The number of nitrogens with one attached hydrogen (secondary N) is 2. The Hall–Kier alpha value is -3.40. The Bertz CT molecular complexity index is 1100. The zero-order chi connectivity index (χ0) is 22.0. The minimum atomic E-state index is -4.55. The third-order valence-corrected chi connectivity index (χ3v) is 5.21. The second-order valence-electron chi connectivity index (χ2n) is 7.28. The molecule has 7 nitrogen and oxygen atoms in total. The van der Waals surface area contributed by atoms with Crippen LogP contribution in [0, 0.1) is 0 Å². The van der Waals surface area contributed by atoms with E-state index in [9.17, 15) is 22.8 Å². The fourth-order valence-electron chi connectivity index (χ4n) is 3.62. The second kappa shape index (κ2) is 8.38. The lowest BCUT2D eigenvalue weighted by Crippen LogP contribution is -2.50. The molecule has 0 atom stereocenters. The van der Waals surface area contributed by atoms with Crippen LogP contribution in [0.15, 0.2) is 48.5 Å². The van der Waals surface area contributed by atoms with Gasteiger partial charge < -0.3 is 10.2 Å². The summed E-state index contributed by atoms with van der Waals surface area (Å²) in [5.41, 5.74) is -0.0185. The largest absolute Gasteiger partial charge is 0.418 e. The number of carbonyl (C=O) groups is 2. The summed E-state index contributed by atoms with van der Waals surface area (Å²) >= 11 is 0. The average molecular weight is 431 g/mol. The quantitative estimate of drug-likeness (QED) is 0.666. The average Bonchev–Trinajstić information content (AvgIpc) is 3.17. The molecule has 0 unspecified atom stereocenters. The standard InChI is InChI=1S/C21H20F3N5O2/c22-21(23,24)15-6-2-4-8-17(15)25-18(30)13-28-9-11-29(12-10-28)20(31)19-14-5-1-3-7-16(14)26-27-19/h1-8H,9-13H2,(H,25,30)(H,26,27). The van der Waals surface area contributed by atoms with Crippen molar-refractivity contribution in [1.82, 2.24) is 20.0 Å². The van der Waals surface area contributed by atoms with Crippen LogP contribution in [-0.4, -0.2) is 64.5 Å². The van der Waals surface area contributed by atoms with Gasteiger partial charge in [-0.3, -0.25) is 19.6 Å². The lowest BCUT2D eigenvalue weighted by molar-refractivity contribution is -0.137. The number of rotatable bonds is 4. The minimum absolute atomic E-state index is 0.0560. The maximum atomic E-state index is 13.1. The van der Waals surface area contributed by atoms with Gasteiger partial charge in [-0.1, -0.05) is 30.3 Å². The Kier molecular flexibility index (Phi) is 5.64. The first-order valence-corrected chi connectivity index (χ1v) is 9.74. The number of H-pyrrole nitrogens is 1. The summed E-state index contributed by atoms with van der Waals surface area (Å²) in [4.78, 5) is 28.6.